The van der Waals surface area contributed by atoms with Crippen LogP contribution in [0.25, 0.3) is 0 Å². The van der Waals surface area contributed by atoms with Crippen molar-refractivity contribution in [3.63, 3.8) is 0 Å². The Morgan fingerprint density at radius 3 is 2.60 bits per heavy atom. The van der Waals surface area contributed by atoms with E-state index in [1.807, 2.05) is 0 Å². The number of rotatable bonds is 1. The standard InChI is InChI=1S/C15H24/c1-10(2)9-15-12(4)5-7-13-11(3)6-8-14(13)15/h8-9,11-13,15H,5-7H2,1-4H3/t11-,12-,13?,15-/m0/s1. The third-order valence-corrected chi connectivity index (χ3v) is 4.28. The molecular formula is C15H24. The van der Waals surface area contributed by atoms with Crippen LogP contribution in [0, 0.1) is 23.7 Å². The van der Waals surface area contributed by atoms with Crippen molar-refractivity contribution in [2.24, 2.45) is 23.7 Å². The van der Waals surface area contributed by atoms with Gasteiger partial charge >= 0.3 is 0 Å². The van der Waals surface area contributed by atoms with Gasteiger partial charge in [-0.2, -0.15) is 0 Å². The van der Waals surface area contributed by atoms with Crippen LogP contribution in [0.5, 0.6) is 0 Å². The van der Waals surface area contributed by atoms with Crippen LogP contribution >= 0.6 is 0 Å². The van der Waals surface area contributed by atoms with Crippen LogP contribution in [0.4, 0.5) is 0 Å². The first-order chi connectivity index (χ1) is 7.09. The third kappa shape index (κ3) is 2.04. The van der Waals surface area contributed by atoms with Gasteiger partial charge in [0, 0.05) is 5.92 Å². The summed E-state index contributed by atoms with van der Waals surface area (Å²) in [4.78, 5) is 0. The molecule has 0 bridgehead atoms. The van der Waals surface area contributed by atoms with Gasteiger partial charge in [0.2, 0.25) is 0 Å². The largest absolute Gasteiger partial charge is 0.0841 e. The van der Waals surface area contributed by atoms with Gasteiger partial charge in [0.1, 0.15) is 0 Å². The molecule has 0 heteroatoms. The first-order valence-corrected chi connectivity index (χ1v) is 6.44. The maximum absolute atomic E-state index is 2.54. The smallest absolute Gasteiger partial charge is 0.000773 e. The summed E-state index contributed by atoms with van der Waals surface area (Å²) < 4.78 is 0. The van der Waals surface area contributed by atoms with Gasteiger partial charge in [-0.25, -0.2) is 0 Å². The second-order valence-corrected chi connectivity index (χ2v) is 5.85. The molecule has 0 aliphatic heterocycles. The molecule has 4 atom stereocenters. The van der Waals surface area contributed by atoms with Crippen LogP contribution < -0.4 is 0 Å². The molecule has 1 saturated carbocycles. The van der Waals surface area contributed by atoms with Gasteiger partial charge in [-0.05, 0) is 50.9 Å². The average molecular weight is 204 g/mol. The molecule has 2 aliphatic rings. The Balaban J connectivity index is 2.23. The van der Waals surface area contributed by atoms with Crippen LogP contribution in [-0.2, 0) is 0 Å². The molecular weight excluding hydrogens is 180 g/mol. The number of hydrogen-bond acceptors (Lipinski definition) is 0. The maximum atomic E-state index is 2.54. The summed E-state index contributed by atoms with van der Waals surface area (Å²) >= 11 is 0. The van der Waals surface area contributed by atoms with Crippen LogP contribution in [0.15, 0.2) is 23.3 Å². The Morgan fingerprint density at radius 1 is 1.20 bits per heavy atom. The van der Waals surface area contributed by atoms with E-state index in [9.17, 15) is 0 Å². The van der Waals surface area contributed by atoms with E-state index in [1.165, 1.54) is 24.8 Å². The predicted octanol–water partition coefficient (Wildman–Crippen LogP) is 4.58. The highest BCUT2D eigenvalue weighted by molar-refractivity contribution is 5.26. The Morgan fingerprint density at radius 2 is 1.93 bits per heavy atom. The van der Waals surface area contributed by atoms with Crippen molar-refractivity contribution in [2.75, 3.05) is 0 Å². The highest BCUT2D eigenvalue weighted by Crippen LogP contribution is 2.47. The second kappa shape index (κ2) is 4.15. The molecule has 0 aromatic heterocycles. The summed E-state index contributed by atoms with van der Waals surface area (Å²) in [5.41, 5.74) is 3.25. The third-order valence-electron chi connectivity index (χ3n) is 4.28. The summed E-state index contributed by atoms with van der Waals surface area (Å²) in [7, 11) is 0. The van der Waals surface area contributed by atoms with Gasteiger partial charge in [-0.3, -0.25) is 0 Å². The van der Waals surface area contributed by atoms with Crippen molar-refractivity contribution in [1.82, 2.24) is 0 Å². The van der Waals surface area contributed by atoms with E-state index in [-0.39, 0.29) is 0 Å². The Kier molecular flexibility index (Phi) is 3.04. The van der Waals surface area contributed by atoms with Gasteiger partial charge in [-0.1, -0.05) is 37.1 Å². The minimum Gasteiger partial charge on any atom is -0.0841 e. The SMILES string of the molecule is CC(C)=C[C@@H]1C2=CC[C@H](C)C2CC[C@@H]1C. The fourth-order valence-electron chi connectivity index (χ4n) is 3.37. The van der Waals surface area contributed by atoms with Gasteiger partial charge in [0.05, 0.1) is 0 Å². The highest BCUT2D eigenvalue weighted by Gasteiger charge is 2.36. The lowest BCUT2D eigenvalue weighted by Gasteiger charge is -2.35. The van der Waals surface area contributed by atoms with Gasteiger partial charge in [0.25, 0.3) is 0 Å². The van der Waals surface area contributed by atoms with Crippen LogP contribution in [0.2, 0.25) is 0 Å². The molecule has 0 N–H and O–H groups in total. The molecule has 0 spiro atoms. The van der Waals surface area contributed by atoms with E-state index >= 15 is 0 Å². The van der Waals surface area contributed by atoms with Gasteiger partial charge < -0.3 is 0 Å². The molecule has 15 heavy (non-hydrogen) atoms. The lowest BCUT2D eigenvalue weighted by Crippen LogP contribution is -2.25. The fraction of sp³-hybridized carbons (Fsp3) is 0.733. The molecule has 0 saturated heterocycles. The van der Waals surface area contributed by atoms with E-state index in [0.29, 0.717) is 0 Å². The minimum absolute atomic E-state index is 0.749. The van der Waals surface area contributed by atoms with Crippen LogP contribution in [-0.4, -0.2) is 0 Å². The quantitative estimate of drug-likeness (QED) is 0.548. The van der Waals surface area contributed by atoms with Crippen molar-refractivity contribution >= 4 is 0 Å². The molecule has 1 fully saturated rings. The van der Waals surface area contributed by atoms with Crippen molar-refractivity contribution < 1.29 is 0 Å². The molecule has 0 nitrogen and oxygen atoms in total. The van der Waals surface area contributed by atoms with E-state index in [4.69, 9.17) is 0 Å². The fourth-order valence-corrected chi connectivity index (χ4v) is 3.37. The van der Waals surface area contributed by atoms with Crippen molar-refractivity contribution in [2.45, 2.75) is 47.0 Å². The van der Waals surface area contributed by atoms with Crippen molar-refractivity contribution in [3.8, 4) is 0 Å². The number of allylic oxidation sites excluding steroid dienone is 4. The van der Waals surface area contributed by atoms with E-state index in [0.717, 1.165) is 23.7 Å². The summed E-state index contributed by atoms with van der Waals surface area (Å²) in [5.74, 6) is 3.41. The topological polar surface area (TPSA) is 0 Å². The van der Waals surface area contributed by atoms with E-state index < -0.39 is 0 Å². The molecule has 0 aromatic rings. The molecule has 2 aliphatic carbocycles. The molecule has 0 radical (unpaired) electrons. The summed E-state index contributed by atoms with van der Waals surface area (Å²) in [6.45, 7) is 9.30. The minimum atomic E-state index is 0.749. The molecule has 0 aromatic carbocycles. The first kappa shape index (κ1) is 11.0. The molecule has 2 rings (SSSR count). The number of hydrogen-bond donors (Lipinski definition) is 0. The lowest BCUT2D eigenvalue weighted by molar-refractivity contribution is 0.277. The zero-order valence-corrected chi connectivity index (χ0v) is 10.6. The summed E-state index contributed by atoms with van der Waals surface area (Å²) in [6, 6.07) is 0. The maximum Gasteiger partial charge on any atom is 0.000773 e. The second-order valence-electron chi connectivity index (χ2n) is 5.85. The predicted molar refractivity (Wildman–Crippen MR) is 66.7 cm³/mol. The Bertz CT molecular complexity index is 291. The first-order valence-electron chi connectivity index (χ1n) is 6.44. The normalized spacial score (nSPS) is 39.6. The summed E-state index contributed by atoms with van der Waals surface area (Å²) in [5, 5.41) is 0. The van der Waals surface area contributed by atoms with Crippen LogP contribution in [0.3, 0.4) is 0 Å². The Hall–Kier alpha value is -0.520. The van der Waals surface area contributed by atoms with Crippen molar-refractivity contribution in [3.05, 3.63) is 23.3 Å². The zero-order valence-electron chi connectivity index (χ0n) is 10.6. The number of fused-ring (bicyclic) bond motifs is 1. The van der Waals surface area contributed by atoms with E-state index in [2.05, 4.69) is 39.8 Å². The highest BCUT2D eigenvalue weighted by atomic mass is 14.4. The lowest BCUT2D eigenvalue weighted by atomic mass is 9.70. The monoisotopic (exact) mass is 204 g/mol. The molecule has 84 valence electrons. The van der Waals surface area contributed by atoms with Crippen LogP contribution in [0.1, 0.15) is 47.0 Å². The Labute approximate surface area is 94.5 Å². The van der Waals surface area contributed by atoms with Gasteiger partial charge in [-0.15, -0.1) is 0 Å². The summed E-state index contributed by atoms with van der Waals surface area (Å²) in [6.07, 6.45) is 9.21. The molecule has 1 unspecified atom stereocenters. The van der Waals surface area contributed by atoms with Crippen molar-refractivity contribution in [1.29, 1.82) is 0 Å². The average Bonchev–Trinajstić information content (AvgIpc) is 2.52. The van der Waals surface area contributed by atoms with E-state index in [1.54, 1.807) is 5.57 Å². The molecule has 0 heterocycles. The van der Waals surface area contributed by atoms with Gasteiger partial charge in [0.15, 0.2) is 0 Å². The zero-order chi connectivity index (χ0) is 11.0. The molecule has 0 amide bonds.